The van der Waals surface area contributed by atoms with E-state index >= 15 is 0 Å². The van der Waals surface area contributed by atoms with Crippen LogP contribution in [-0.4, -0.2) is 23.1 Å². The minimum atomic E-state index is 0. The van der Waals surface area contributed by atoms with Crippen LogP contribution >= 0.6 is 0 Å². The Labute approximate surface area is 45.7 Å². The second-order valence-electron chi connectivity index (χ2n) is 1.06. The summed E-state index contributed by atoms with van der Waals surface area (Å²) in [6, 6.07) is 0. The van der Waals surface area contributed by atoms with Crippen LogP contribution in [-0.2, 0) is 0 Å². The standard InChI is InChI=1S/C3H6.Mg.2H/c1-2-3-1;;;/h1-3H2;;;/q;+2;2*-1. The van der Waals surface area contributed by atoms with Gasteiger partial charge in [-0.1, -0.05) is 19.3 Å². The van der Waals surface area contributed by atoms with Crippen molar-refractivity contribution in [1.82, 2.24) is 0 Å². The van der Waals surface area contributed by atoms with E-state index in [0.717, 1.165) is 0 Å². The molecule has 0 bridgehead atoms. The molecular weight excluding hydrogens is 60.3 g/mol. The topological polar surface area (TPSA) is 0 Å². The van der Waals surface area contributed by atoms with E-state index in [0.29, 0.717) is 0 Å². The summed E-state index contributed by atoms with van der Waals surface area (Å²) >= 11 is 0. The van der Waals surface area contributed by atoms with Crippen molar-refractivity contribution in [2.75, 3.05) is 0 Å². The van der Waals surface area contributed by atoms with Crippen LogP contribution in [0, 0.1) is 0 Å². The molecule has 0 aromatic carbocycles. The van der Waals surface area contributed by atoms with Crippen molar-refractivity contribution >= 4 is 23.1 Å². The zero-order valence-electron chi connectivity index (χ0n) is 4.83. The zero-order valence-corrected chi connectivity index (χ0v) is 4.24. The summed E-state index contributed by atoms with van der Waals surface area (Å²) in [5, 5.41) is 0. The summed E-state index contributed by atoms with van der Waals surface area (Å²) < 4.78 is 0. The van der Waals surface area contributed by atoms with Crippen LogP contribution in [0.4, 0.5) is 0 Å². The Balaban J connectivity index is -0.0000000300. The van der Waals surface area contributed by atoms with Crippen molar-refractivity contribution in [1.29, 1.82) is 0 Å². The summed E-state index contributed by atoms with van der Waals surface area (Å²) in [7, 11) is 0. The Bertz CT molecular complexity index is 13.5. The van der Waals surface area contributed by atoms with Gasteiger partial charge in [-0.3, -0.25) is 0 Å². The van der Waals surface area contributed by atoms with Crippen LogP contribution in [0.3, 0.4) is 0 Å². The minimum absolute atomic E-state index is 0. The van der Waals surface area contributed by atoms with Crippen molar-refractivity contribution in [3.63, 3.8) is 0 Å². The van der Waals surface area contributed by atoms with Gasteiger partial charge in [-0.15, -0.1) is 0 Å². The zero-order chi connectivity index (χ0) is 2.12. The molecule has 0 radical (unpaired) electrons. The van der Waals surface area contributed by atoms with Gasteiger partial charge < -0.3 is 2.85 Å². The molecule has 0 aliphatic heterocycles. The first-order chi connectivity index (χ1) is 1.50. The van der Waals surface area contributed by atoms with Crippen molar-refractivity contribution in [3.05, 3.63) is 0 Å². The average Bonchev–Trinajstić information content (AvgIpc) is 1.46. The van der Waals surface area contributed by atoms with Gasteiger partial charge in [-0.05, 0) is 0 Å². The molecule has 0 N–H and O–H groups in total. The van der Waals surface area contributed by atoms with Gasteiger partial charge in [0.1, 0.15) is 0 Å². The van der Waals surface area contributed by atoms with E-state index in [2.05, 4.69) is 0 Å². The number of hydrogen-bond acceptors (Lipinski definition) is 0. The summed E-state index contributed by atoms with van der Waals surface area (Å²) in [5.41, 5.74) is 0. The summed E-state index contributed by atoms with van der Waals surface area (Å²) in [6.07, 6.45) is 4.50. The molecule has 0 aromatic rings. The molecule has 0 atom stereocenters. The Morgan fingerprint density at radius 1 is 1.00 bits per heavy atom. The van der Waals surface area contributed by atoms with Gasteiger partial charge in [0.05, 0.1) is 0 Å². The maximum atomic E-state index is 1.50. The van der Waals surface area contributed by atoms with E-state index in [1.807, 2.05) is 0 Å². The second-order valence-corrected chi connectivity index (χ2v) is 1.06. The van der Waals surface area contributed by atoms with Crippen LogP contribution in [0.25, 0.3) is 0 Å². The molecule has 22 valence electrons. The van der Waals surface area contributed by atoms with Crippen LogP contribution < -0.4 is 0 Å². The Kier molecular flexibility index (Phi) is 2.42. The van der Waals surface area contributed by atoms with E-state index in [9.17, 15) is 0 Å². The molecule has 4 heavy (non-hydrogen) atoms. The predicted molar refractivity (Wildman–Crippen MR) is 21.8 cm³/mol. The van der Waals surface area contributed by atoms with Crippen molar-refractivity contribution in [2.24, 2.45) is 0 Å². The van der Waals surface area contributed by atoms with E-state index < -0.39 is 0 Å². The van der Waals surface area contributed by atoms with Crippen LogP contribution in [0.15, 0.2) is 0 Å². The molecule has 0 nitrogen and oxygen atoms in total. The summed E-state index contributed by atoms with van der Waals surface area (Å²) in [5.74, 6) is 0. The van der Waals surface area contributed by atoms with Gasteiger partial charge in [-0.25, -0.2) is 0 Å². The van der Waals surface area contributed by atoms with Gasteiger partial charge in [0.2, 0.25) is 0 Å². The van der Waals surface area contributed by atoms with Crippen molar-refractivity contribution < 1.29 is 2.85 Å². The maximum Gasteiger partial charge on any atom is 2.00 e. The molecule has 1 aliphatic carbocycles. The smallest absolute Gasteiger partial charge is 1.00 e. The molecule has 1 saturated carbocycles. The number of hydrogen-bond donors (Lipinski definition) is 0. The Morgan fingerprint density at radius 3 is 1.25 bits per heavy atom. The average molecular weight is 68.4 g/mol. The van der Waals surface area contributed by atoms with E-state index in [-0.39, 0.29) is 25.9 Å². The first-order valence-electron chi connectivity index (χ1n) is 1.50. The van der Waals surface area contributed by atoms with E-state index in [1.54, 1.807) is 0 Å². The normalized spacial score (nSPS) is 18.0. The third-order valence-electron chi connectivity index (χ3n) is 0.354. The third kappa shape index (κ3) is 2.77. The summed E-state index contributed by atoms with van der Waals surface area (Å²) in [6.45, 7) is 0. The molecular formula is C3H8Mg. The number of rotatable bonds is 0. The fourth-order valence-electron chi connectivity index (χ4n) is 0. The molecule has 1 aliphatic rings. The third-order valence-corrected chi connectivity index (χ3v) is 0.354. The fourth-order valence-corrected chi connectivity index (χ4v) is 0. The quantitative estimate of drug-likeness (QED) is 0.372. The molecule has 0 saturated heterocycles. The van der Waals surface area contributed by atoms with E-state index in [4.69, 9.17) is 0 Å². The van der Waals surface area contributed by atoms with Gasteiger partial charge in [0.25, 0.3) is 0 Å². The van der Waals surface area contributed by atoms with Crippen LogP contribution in [0.2, 0.25) is 0 Å². The Hall–Kier alpha value is 0.766. The van der Waals surface area contributed by atoms with Crippen LogP contribution in [0.1, 0.15) is 22.1 Å². The van der Waals surface area contributed by atoms with Gasteiger partial charge in [-0.2, -0.15) is 0 Å². The first-order valence-corrected chi connectivity index (χ1v) is 1.50. The molecule has 0 aromatic heterocycles. The largest absolute Gasteiger partial charge is 2.00 e. The van der Waals surface area contributed by atoms with Crippen molar-refractivity contribution in [3.8, 4) is 0 Å². The van der Waals surface area contributed by atoms with Gasteiger partial charge in [0, 0.05) is 0 Å². The van der Waals surface area contributed by atoms with E-state index in [1.165, 1.54) is 19.3 Å². The molecule has 0 amide bonds. The summed E-state index contributed by atoms with van der Waals surface area (Å²) in [4.78, 5) is 0. The fraction of sp³-hybridized carbons (Fsp3) is 1.00. The van der Waals surface area contributed by atoms with Gasteiger partial charge >= 0.3 is 23.1 Å². The maximum absolute atomic E-state index is 1.50. The predicted octanol–water partition coefficient (Wildman–Crippen LogP) is 1.01. The molecule has 0 unspecified atom stereocenters. The molecule has 1 fully saturated rings. The molecule has 1 rings (SSSR count). The van der Waals surface area contributed by atoms with Crippen molar-refractivity contribution in [2.45, 2.75) is 19.3 Å². The first kappa shape index (κ1) is 4.77. The second kappa shape index (κ2) is 2.03. The molecule has 1 heteroatoms. The Morgan fingerprint density at radius 2 is 1.25 bits per heavy atom. The SMILES string of the molecule is C1CC1.[H-].[H-].[Mg+2]. The monoisotopic (exact) mass is 68.0 g/mol. The van der Waals surface area contributed by atoms with Crippen LogP contribution in [0.5, 0.6) is 0 Å². The molecule has 0 heterocycles. The molecule has 0 spiro atoms. The minimum Gasteiger partial charge on any atom is -1.00 e. The van der Waals surface area contributed by atoms with Gasteiger partial charge in [0.15, 0.2) is 0 Å².